The number of hydrogen-bond acceptors (Lipinski definition) is 15. The molecule has 0 saturated heterocycles. The van der Waals surface area contributed by atoms with Crippen LogP contribution in [0.4, 0.5) is 0 Å². The molecule has 0 radical (unpaired) electrons. The van der Waals surface area contributed by atoms with Crippen LogP contribution in [0.3, 0.4) is 0 Å². The van der Waals surface area contributed by atoms with Gasteiger partial charge in [-0.15, -0.1) is 0 Å². The van der Waals surface area contributed by atoms with Crippen molar-refractivity contribution in [3.8, 4) is 0 Å². The normalized spacial score (nSPS) is 14.8. The fraction of sp³-hybridized carbons (Fsp3) is 0.654. The Morgan fingerprint density at radius 2 is 0.550 bits per heavy atom. The van der Waals surface area contributed by atoms with Gasteiger partial charge in [-0.3, -0.25) is 37.3 Å². The minimum absolute atomic E-state index is 0.0338. The number of ether oxygens (including phenoxy) is 4. The lowest BCUT2D eigenvalue weighted by molar-refractivity contribution is -0.161. The van der Waals surface area contributed by atoms with Crippen molar-refractivity contribution in [2.24, 2.45) is 0 Å². The summed E-state index contributed by atoms with van der Waals surface area (Å²) >= 11 is 0. The molecule has 0 aliphatic rings. The molecule has 0 bridgehead atoms. The zero-order chi connectivity index (χ0) is 73.2. The van der Waals surface area contributed by atoms with Crippen molar-refractivity contribution >= 4 is 39.5 Å². The highest BCUT2D eigenvalue weighted by Gasteiger charge is 2.30. The van der Waals surface area contributed by atoms with Gasteiger partial charge in [0.05, 0.1) is 26.4 Å². The second-order valence-corrected chi connectivity index (χ2v) is 27.7. The third-order valence-corrected chi connectivity index (χ3v) is 17.2. The minimum Gasteiger partial charge on any atom is -0.462 e. The van der Waals surface area contributed by atoms with Gasteiger partial charge in [0.2, 0.25) is 0 Å². The van der Waals surface area contributed by atoms with Gasteiger partial charge < -0.3 is 33.8 Å². The summed E-state index contributed by atoms with van der Waals surface area (Å²) in [5, 5.41) is 10.6. The molecule has 5 atom stereocenters. The number of carbonyl (C=O) groups excluding carboxylic acids is 4. The van der Waals surface area contributed by atoms with Gasteiger partial charge >= 0.3 is 39.5 Å². The lowest BCUT2D eigenvalue weighted by Gasteiger charge is -2.21. The summed E-state index contributed by atoms with van der Waals surface area (Å²) in [6.45, 7) is 4.45. The summed E-state index contributed by atoms with van der Waals surface area (Å²) in [6, 6.07) is 0. The Hall–Kier alpha value is -5.06. The molecule has 0 fully saturated rings. The van der Waals surface area contributed by atoms with Crippen LogP contribution in [0.15, 0.2) is 146 Å². The van der Waals surface area contributed by atoms with E-state index in [0.717, 1.165) is 148 Å². The topological polar surface area (TPSA) is 237 Å². The molecule has 0 saturated carbocycles. The van der Waals surface area contributed by atoms with E-state index in [1.165, 1.54) is 51.4 Å². The van der Waals surface area contributed by atoms with Crippen LogP contribution in [-0.4, -0.2) is 96.7 Å². The number of aliphatic hydroxyl groups excluding tert-OH is 1. The van der Waals surface area contributed by atoms with Crippen molar-refractivity contribution in [1.29, 1.82) is 0 Å². The van der Waals surface area contributed by atoms with Gasteiger partial charge in [0.15, 0.2) is 12.2 Å². The van der Waals surface area contributed by atoms with E-state index in [0.29, 0.717) is 32.1 Å². The standard InChI is InChI=1S/C81H134O17P2/c1-5-9-13-17-21-25-29-31-33-35-37-39-41-43-47-49-53-57-61-65-78(83)91-71-76(97-80(85)67-63-59-55-51-45-27-23-19-15-11-7-3)73-95-99(87,88)93-69-75(82)70-94-100(89,90)96-74-77(98-81(86)68-64-60-56-52-46-28-24-20-16-12-8-4)72-92-79(84)66-62-58-54-50-48-44-42-40-38-36-34-32-30-26-22-18-14-10-6-2/h9-10,13-14,19,21-23,25-26,31-34,37-40,43-44,47-48,54,58,75-77,82H,5-8,11-12,15-18,20,24,27-30,35-36,41-42,45-46,49-53,55-57,59-74H2,1-4H3,(H,87,88)(H,89,90)/b13-9-,14-10-,23-19-,25-21-,26-22-,33-31-,34-32-,39-37-,40-38-,47-43-,48-44-,58-54-. The van der Waals surface area contributed by atoms with Gasteiger partial charge in [0.1, 0.15) is 19.3 Å². The van der Waals surface area contributed by atoms with E-state index in [4.69, 9.17) is 37.0 Å². The zero-order valence-electron chi connectivity index (χ0n) is 62.1. The average Bonchev–Trinajstić information content (AvgIpc) is 0.953. The van der Waals surface area contributed by atoms with Crippen LogP contribution in [0.2, 0.25) is 0 Å². The van der Waals surface area contributed by atoms with Crippen LogP contribution in [0.25, 0.3) is 0 Å². The van der Waals surface area contributed by atoms with Crippen molar-refractivity contribution in [3.63, 3.8) is 0 Å². The molecule has 100 heavy (non-hydrogen) atoms. The Labute approximate surface area is 605 Å². The Kier molecular flexibility index (Phi) is 68.6. The molecule has 19 heteroatoms. The fourth-order valence-electron chi connectivity index (χ4n) is 9.55. The van der Waals surface area contributed by atoms with Gasteiger partial charge in [-0.2, -0.15) is 0 Å². The maximum atomic E-state index is 13.1. The van der Waals surface area contributed by atoms with Crippen molar-refractivity contribution in [3.05, 3.63) is 146 Å². The molecule has 570 valence electrons. The number of hydrogen-bond donors (Lipinski definition) is 3. The van der Waals surface area contributed by atoms with Crippen LogP contribution in [0.1, 0.15) is 285 Å². The largest absolute Gasteiger partial charge is 0.472 e. The molecule has 0 rings (SSSR count). The Morgan fingerprint density at radius 3 is 0.910 bits per heavy atom. The number of aliphatic hydroxyl groups is 1. The molecular formula is C81H134O17P2. The van der Waals surface area contributed by atoms with Gasteiger partial charge in [0.25, 0.3) is 0 Å². The van der Waals surface area contributed by atoms with Crippen molar-refractivity contribution in [1.82, 2.24) is 0 Å². The van der Waals surface area contributed by atoms with Crippen LogP contribution in [0, 0.1) is 0 Å². The maximum absolute atomic E-state index is 13.1. The third-order valence-electron chi connectivity index (χ3n) is 15.3. The van der Waals surface area contributed by atoms with Crippen LogP contribution < -0.4 is 0 Å². The van der Waals surface area contributed by atoms with Gasteiger partial charge in [-0.1, -0.05) is 276 Å². The molecule has 0 aromatic rings. The fourth-order valence-corrected chi connectivity index (χ4v) is 11.1. The Bertz CT molecular complexity index is 2470. The highest BCUT2D eigenvalue weighted by atomic mass is 31.2. The second-order valence-electron chi connectivity index (χ2n) is 24.8. The predicted octanol–water partition coefficient (Wildman–Crippen LogP) is 21.9. The van der Waals surface area contributed by atoms with Gasteiger partial charge in [-0.05, 0) is 128 Å². The molecule has 0 amide bonds. The molecule has 0 aromatic carbocycles. The summed E-state index contributed by atoms with van der Waals surface area (Å²) in [5.41, 5.74) is 0. The smallest absolute Gasteiger partial charge is 0.462 e. The summed E-state index contributed by atoms with van der Waals surface area (Å²) in [7, 11) is -9.98. The monoisotopic (exact) mass is 1440 g/mol. The molecule has 3 N–H and O–H groups in total. The first-order valence-electron chi connectivity index (χ1n) is 38.1. The first kappa shape index (κ1) is 94.9. The second kappa shape index (κ2) is 72.3. The number of allylic oxidation sites excluding steroid dienone is 24. The first-order chi connectivity index (χ1) is 48.7. The SMILES string of the molecule is CC/C=C\C/C=C\C/C=C\C/C=C\C/C=C\C/C=C\CCC(=O)OCC(COP(=O)(O)OCC(O)COP(=O)(O)OCC(COC(=O)CCCCC/C=C\C/C=C\C/C=C\C/C=C\C/C=C\CC)OC(=O)CCCCCCC/C=C\CCCC)OC(=O)CCCCCCCCCCCCC. The molecule has 5 unspecified atom stereocenters. The van der Waals surface area contributed by atoms with Crippen molar-refractivity contribution in [2.75, 3.05) is 39.6 Å². The molecule has 17 nitrogen and oxygen atoms in total. The number of phosphoric ester groups is 2. The first-order valence-corrected chi connectivity index (χ1v) is 41.1. The Balaban J connectivity index is 5.38. The highest BCUT2D eigenvalue weighted by molar-refractivity contribution is 7.47. The number of unbranched alkanes of at least 4 members (excludes halogenated alkanes) is 20. The Morgan fingerprint density at radius 1 is 0.290 bits per heavy atom. The quantitative estimate of drug-likeness (QED) is 0.0169. The molecule has 0 heterocycles. The van der Waals surface area contributed by atoms with E-state index in [2.05, 4.69) is 155 Å². The van der Waals surface area contributed by atoms with E-state index in [-0.39, 0.29) is 25.7 Å². The lowest BCUT2D eigenvalue weighted by Crippen LogP contribution is -2.30. The number of phosphoric acid groups is 2. The van der Waals surface area contributed by atoms with E-state index < -0.39 is 97.5 Å². The lowest BCUT2D eigenvalue weighted by atomic mass is 10.1. The number of esters is 4. The van der Waals surface area contributed by atoms with Crippen LogP contribution in [-0.2, 0) is 65.4 Å². The van der Waals surface area contributed by atoms with E-state index in [1.54, 1.807) is 0 Å². The van der Waals surface area contributed by atoms with Crippen molar-refractivity contribution in [2.45, 2.75) is 303 Å². The summed E-state index contributed by atoms with van der Waals surface area (Å²) in [6.07, 6.45) is 81.5. The van der Waals surface area contributed by atoms with Gasteiger partial charge in [-0.25, -0.2) is 9.13 Å². The van der Waals surface area contributed by atoms with Crippen LogP contribution >= 0.6 is 15.6 Å². The molecule has 0 aliphatic carbocycles. The minimum atomic E-state index is -4.99. The molecule has 0 aromatic heterocycles. The highest BCUT2D eigenvalue weighted by Crippen LogP contribution is 2.45. The average molecular weight is 1440 g/mol. The summed E-state index contributed by atoms with van der Waals surface area (Å²) < 4.78 is 68.3. The summed E-state index contributed by atoms with van der Waals surface area (Å²) in [5.74, 6) is -2.32. The zero-order valence-corrected chi connectivity index (χ0v) is 63.9. The third kappa shape index (κ3) is 71.3. The number of rotatable bonds is 70. The van der Waals surface area contributed by atoms with Crippen LogP contribution in [0.5, 0.6) is 0 Å². The van der Waals surface area contributed by atoms with E-state index in [1.807, 2.05) is 18.2 Å². The van der Waals surface area contributed by atoms with Gasteiger partial charge in [0, 0.05) is 25.7 Å². The predicted molar refractivity (Wildman–Crippen MR) is 408 cm³/mol. The van der Waals surface area contributed by atoms with E-state index in [9.17, 15) is 43.2 Å². The summed E-state index contributed by atoms with van der Waals surface area (Å²) in [4.78, 5) is 72.7. The maximum Gasteiger partial charge on any atom is 0.472 e. The number of carbonyl (C=O) groups is 4. The molecule has 0 spiro atoms. The molecular weight excluding hydrogens is 1310 g/mol. The van der Waals surface area contributed by atoms with Crippen molar-refractivity contribution < 1.29 is 80.2 Å². The van der Waals surface area contributed by atoms with E-state index >= 15 is 0 Å². The molecule has 0 aliphatic heterocycles.